The molecule has 0 aliphatic heterocycles. The molecule has 0 aromatic heterocycles. The van der Waals surface area contributed by atoms with Crippen LogP contribution in [0.25, 0.3) is 0 Å². The molecule has 1 fully saturated rings. The fourth-order valence-corrected chi connectivity index (χ4v) is 2.32. The lowest BCUT2D eigenvalue weighted by atomic mass is 10.1. The number of rotatable bonds is 8. The van der Waals surface area contributed by atoms with Crippen molar-refractivity contribution in [2.45, 2.75) is 45.2 Å². The van der Waals surface area contributed by atoms with Crippen molar-refractivity contribution in [3.8, 4) is 0 Å². The molecule has 0 radical (unpaired) electrons. The van der Waals surface area contributed by atoms with Crippen LogP contribution in [0.5, 0.6) is 0 Å². The summed E-state index contributed by atoms with van der Waals surface area (Å²) in [6.07, 6.45) is 2.85. The standard InChI is InChI=1S/C16H24N2O2/c1-3-18(14-8-4-12(2)5-9-14)11-10-15(16(19)20)17-13-6-7-13/h4-5,8-9,13,15,17H,3,6-7,10-11H2,1-2H3,(H,19,20). The van der Waals surface area contributed by atoms with E-state index in [0.29, 0.717) is 12.5 Å². The number of nitrogens with zero attached hydrogens (tertiary/aromatic N) is 1. The van der Waals surface area contributed by atoms with E-state index >= 15 is 0 Å². The van der Waals surface area contributed by atoms with E-state index in [4.69, 9.17) is 0 Å². The Labute approximate surface area is 120 Å². The van der Waals surface area contributed by atoms with Crippen LogP contribution in [0.3, 0.4) is 0 Å². The van der Waals surface area contributed by atoms with E-state index in [2.05, 4.69) is 48.3 Å². The second-order valence-electron chi connectivity index (χ2n) is 5.54. The van der Waals surface area contributed by atoms with Gasteiger partial charge in [0.05, 0.1) is 0 Å². The molecule has 0 bridgehead atoms. The lowest BCUT2D eigenvalue weighted by Crippen LogP contribution is -2.41. The summed E-state index contributed by atoms with van der Waals surface area (Å²) >= 11 is 0. The molecule has 110 valence electrons. The molecule has 1 unspecified atom stereocenters. The average molecular weight is 276 g/mol. The maximum Gasteiger partial charge on any atom is 0.320 e. The van der Waals surface area contributed by atoms with Crippen LogP contribution in [0.2, 0.25) is 0 Å². The number of anilines is 1. The quantitative estimate of drug-likeness (QED) is 0.765. The van der Waals surface area contributed by atoms with Crippen molar-refractivity contribution in [2.24, 2.45) is 0 Å². The SMILES string of the molecule is CCN(CCC(NC1CC1)C(=O)O)c1ccc(C)cc1. The van der Waals surface area contributed by atoms with Crippen molar-refractivity contribution >= 4 is 11.7 Å². The zero-order valence-corrected chi connectivity index (χ0v) is 12.3. The van der Waals surface area contributed by atoms with Gasteiger partial charge in [-0.1, -0.05) is 17.7 Å². The van der Waals surface area contributed by atoms with Gasteiger partial charge in [-0.3, -0.25) is 4.79 Å². The van der Waals surface area contributed by atoms with Crippen molar-refractivity contribution in [1.29, 1.82) is 0 Å². The Morgan fingerprint density at radius 3 is 2.55 bits per heavy atom. The molecule has 2 N–H and O–H groups in total. The molecule has 1 saturated carbocycles. The lowest BCUT2D eigenvalue weighted by Gasteiger charge is -2.25. The van der Waals surface area contributed by atoms with Crippen LogP contribution in [-0.2, 0) is 4.79 Å². The van der Waals surface area contributed by atoms with Gasteiger partial charge in [-0.2, -0.15) is 0 Å². The monoisotopic (exact) mass is 276 g/mol. The van der Waals surface area contributed by atoms with Crippen LogP contribution < -0.4 is 10.2 Å². The maximum atomic E-state index is 11.3. The topological polar surface area (TPSA) is 52.6 Å². The smallest absolute Gasteiger partial charge is 0.320 e. The first-order valence-corrected chi connectivity index (χ1v) is 7.40. The van der Waals surface area contributed by atoms with Crippen molar-refractivity contribution in [3.05, 3.63) is 29.8 Å². The summed E-state index contributed by atoms with van der Waals surface area (Å²) in [6.45, 7) is 5.82. The Hall–Kier alpha value is -1.55. The summed E-state index contributed by atoms with van der Waals surface area (Å²) in [5.41, 5.74) is 2.40. The Morgan fingerprint density at radius 2 is 2.05 bits per heavy atom. The molecule has 1 aromatic rings. The summed E-state index contributed by atoms with van der Waals surface area (Å²) in [4.78, 5) is 13.5. The summed E-state index contributed by atoms with van der Waals surface area (Å²) in [5.74, 6) is -0.739. The highest BCUT2D eigenvalue weighted by Crippen LogP contribution is 2.21. The molecule has 0 heterocycles. The average Bonchev–Trinajstić information content (AvgIpc) is 3.23. The number of benzene rings is 1. The van der Waals surface area contributed by atoms with Gasteiger partial charge in [-0.25, -0.2) is 0 Å². The van der Waals surface area contributed by atoms with Gasteiger partial charge in [-0.15, -0.1) is 0 Å². The van der Waals surface area contributed by atoms with Gasteiger partial charge in [0.25, 0.3) is 0 Å². The molecule has 1 atom stereocenters. The molecule has 4 heteroatoms. The van der Waals surface area contributed by atoms with Crippen molar-refractivity contribution < 1.29 is 9.90 Å². The predicted octanol–water partition coefficient (Wildman–Crippen LogP) is 2.42. The highest BCUT2D eigenvalue weighted by Gasteiger charge is 2.28. The molecular weight excluding hydrogens is 252 g/mol. The second kappa shape index (κ2) is 6.75. The Kier molecular flexibility index (Phi) is 5.01. The Bertz CT molecular complexity index is 440. The fraction of sp³-hybridized carbons (Fsp3) is 0.562. The number of aryl methyl sites for hydroxylation is 1. The van der Waals surface area contributed by atoms with Gasteiger partial charge < -0.3 is 15.3 Å². The number of hydrogen-bond acceptors (Lipinski definition) is 3. The third-order valence-electron chi connectivity index (χ3n) is 3.78. The summed E-state index contributed by atoms with van der Waals surface area (Å²) in [6, 6.07) is 8.38. The third kappa shape index (κ3) is 4.23. The van der Waals surface area contributed by atoms with Crippen LogP contribution >= 0.6 is 0 Å². The number of carbonyl (C=O) groups is 1. The molecule has 20 heavy (non-hydrogen) atoms. The van der Waals surface area contributed by atoms with Crippen molar-refractivity contribution in [1.82, 2.24) is 5.32 Å². The van der Waals surface area contributed by atoms with E-state index in [1.807, 2.05) is 0 Å². The normalized spacial score (nSPS) is 15.9. The number of hydrogen-bond donors (Lipinski definition) is 2. The van der Waals surface area contributed by atoms with E-state index in [-0.39, 0.29) is 0 Å². The van der Waals surface area contributed by atoms with Crippen LogP contribution in [0.15, 0.2) is 24.3 Å². The molecule has 1 aromatic carbocycles. The van der Waals surface area contributed by atoms with E-state index < -0.39 is 12.0 Å². The summed E-state index contributed by atoms with van der Waals surface area (Å²) in [5, 5.41) is 12.5. The van der Waals surface area contributed by atoms with E-state index in [0.717, 1.165) is 31.6 Å². The largest absolute Gasteiger partial charge is 0.480 e. The van der Waals surface area contributed by atoms with Crippen LogP contribution in [0.4, 0.5) is 5.69 Å². The van der Waals surface area contributed by atoms with Gasteiger partial charge in [0.1, 0.15) is 6.04 Å². The third-order valence-corrected chi connectivity index (χ3v) is 3.78. The number of aliphatic carboxylic acids is 1. The van der Waals surface area contributed by atoms with E-state index in [1.54, 1.807) is 0 Å². The molecule has 1 aliphatic carbocycles. The Balaban J connectivity index is 1.91. The second-order valence-corrected chi connectivity index (χ2v) is 5.54. The molecule has 0 amide bonds. The van der Waals surface area contributed by atoms with E-state index in [9.17, 15) is 9.90 Å². The first-order valence-electron chi connectivity index (χ1n) is 7.40. The minimum atomic E-state index is -0.739. The number of carboxylic acids is 1. The van der Waals surface area contributed by atoms with Crippen molar-refractivity contribution in [3.63, 3.8) is 0 Å². The van der Waals surface area contributed by atoms with Crippen LogP contribution in [-0.4, -0.2) is 36.2 Å². The van der Waals surface area contributed by atoms with Crippen LogP contribution in [0.1, 0.15) is 31.7 Å². The van der Waals surface area contributed by atoms with Gasteiger partial charge in [0, 0.05) is 24.8 Å². The fourth-order valence-electron chi connectivity index (χ4n) is 2.32. The lowest BCUT2D eigenvalue weighted by molar-refractivity contribution is -0.139. The number of carboxylic acid groups (broad SMARTS) is 1. The maximum absolute atomic E-state index is 11.3. The minimum Gasteiger partial charge on any atom is -0.480 e. The van der Waals surface area contributed by atoms with Crippen LogP contribution in [0, 0.1) is 6.92 Å². The molecule has 4 nitrogen and oxygen atoms in total. The zero-order chi connectivity index (χ0) is 14.5. The number of nitrogens with one attached hydrogen (secondary N) is 1. The van der Waals surface area contributed by atoms with Crippen molar-refractivity contribution in [2.75, 3.05) is 18.0 Å². The highest BCUT2D eigenvalue weighted by atomic mass is 16.4. The summed E-state index contributed by atoms with van der Waals surface area (Å²) < 4.78 is 0. The van der Waals surface area contributed by atoms with Gasteiger partial charge in [0.15, 0.2) is 0 Å². The Morgan fingerprint density at radius 1 is 1.40 bits per heavy atom. The first-order chi connectivity index (χ1) is 9.60. The predicted molar refractivity (Wildman–Crippen MR) is 81.3 cm³/mol. The molecular formula is C16H24N2O2. The van der Waals surface area contributed by atoms with E-state index in [1.165, 1.54) is 5.56 Å². The van der Waals surface area contributed by atoms with Gasteiger partial charge in [-0.05, 0) is 45.2 Å². The summed E-state index contributed by atoms with van der Waals surface area (Å²) in [7, 11) is 0. The molecule has 2 rings (SSSR count). The van der Waals surface area contributed by atoms with Gasteiger partial charge >= 0.3 is 5.97 Å². The molecule has 0 spiro atoms. The minimum absolute atomic E-state index is 0.422. The van der Waals surface area contributed by atoms with Gasteiger partial charge in [0.2, 0.25) is 0 Å². The first kappa shape index (κ1) is 14.9. The highest BCUT2D eigenvalue weighted by molar-refractivity contribution is 5.73. The molecule has 0 saturated heterocycles. The zero-order valence-electron chi connectivity index (χ0n) is 12.3. The molecule has 1 aliphatic rings.